The summed E-state index contributed by atoms with van der Waals surface area (Å²) in [4.78, 5) is 14.1. The predicted octanol–water partition coefficient (Wildman–Crippen LogP) is 2.05. The maximum absolute atomic E-state index is 12.1. The van der Waals surface area contributed by atoms with Crippen molar-refractivity contribution in [2.24, 2.45) is 5.73 Å². The van der Waals surface area contributed by atoms with Crippen LogP contribution >= 0.6 is 0 Å². The molecule has 0 unspecified atom stereocenters. The first-order valence-electron chi connectivity index (χ1n) is 6.65. The van der Waals surface area contributed by atoms with Crippen LogP contribution in [0.15, 0.2) is 0 Å². The topological polar surface area (TPSA) is 46.3 Å². The second-order valence-electron chi connectivity index (χ2n) is 5.69. The average Bonchev–Trinajstić information content (AvgIpc) is 2.27. The van der Waals surface area contributed by atoms with E-state index in [9.17, 15) is 4.79 Å². The van der Waals surface area contributed by atoms with Gasteiger partial charge in [0, 0.05) is 25.0 Å². The van der Waals surface area contributed by atoms with E-state index in [1.807, 2.05) is 11.9 Å². The summed E-state index contributed by atoms with van der Waals surface area (Å²) in [5.41, 5.74) is 5.96. The van der Waals surface area contributed by atoms with Gasteiger partial charge >= 0.3 is 0 Å². The summed E-state index contributed by atoms with van der Waals surface area (Å²) in [6.45, 7) is 0. The third-order valence-electron chi connectivity index (χ3n) is 4.37. The van der Waals surface area contributed by atoms with E-state index in [0.717, 1.165) is 12.8 Å². The Kier molecular flexibility index (Phi) is 3.53. The highest BCUT2D eigenvalue weighted by molar-refractivity contribution is 5.77. The van der Waals surface area contributed by atoms with Gasteiger partial charge in [-0.25, -0.2) is 0 Å². The van der Waals surface area contributed by atoms with Crippen molar-refractivity contribution in [1.29, 1.82) is 0 Å². The van der Waals surface area contributed by atoms with Gasteiger partial charge in [-0.1, -0.05) is 19.3 Å². The number of rotatable bonds is 3. The molecule has 0 spiro atoms. The molecule has 2 N–H and O–H groups in total. The Morgan fingerprint density at radius 2 is 1.88 bits per heavy atom. The van der Waals surface area contributed by atoms with Crippen LogP contribution in [-0.2, 0) is 4.79 Å². The highest BCUT2D eigenvalue weighted by Crippen LogP contribution is 2.33. The molecule has 1 amide bonds. The van der Waals surface area contributed by atoms with Crippen LogP contribution in [0.3, 0.4) is 0 Å². The van der Waals surface area contributed by atoms with E-state index in [1.165, 1.54) is 38.5 Å². The predicted molar refractivity (Wildman–Crippen MR) is 65.0 cm³/mol. The number of hydrogen-bond donors (Lipinski definition) is 1. The molecule has 3 heteroatoms. The van der Waals surface area contributed by atoms with E-state index < -0.39 is 0 Å². The average molecular weight is 224 g/mol. The molecule has 0 aromatic carbocycles. The van der Waals surface area contributed by atoms with Gasteiger partial charge in [0.1, 0.15) is 0 Å². The van der Waals surface area contributed by atoms with Crippen LogP contribution in [-0.4, -0.2) is 29.4 Å². The highest BCUT2D eigenvalue weighted by Gasteiger charge is 2.36. The van der Waals surface area contributed by atoms with Crippen molar-refractivity contribution in [2.45, 2.75) is 69.4 Å². The molecule has 2 saturated carbocycles. The lowest BCUT2D eigenvalue weighted by atomic mass is 9.75. The van der Waals surface area contributed by atoms with Gasteiger partial charge in [-0.2, -0.15) is 0 Å². The van der Waals surface area contributed by atoms with Gasteiger partial charge in [0.05, 0.1) is 0 Å². The SMILES string of the molecule is CN(C(=O)CC1(N)CCC1)C1CCCCC1. The summed E-state index contributed by atoms with van der Waals surface area (Å²) in [6.07, 6.45) is 10.0. The molecule has 0 radical (unpaired) electrons. The third-order valence-corrected chi connectivity index (χ3v) is 4.37. The molecule has 16 heavy (non-hydrogen) atoms. The molecule has 0 aliphatic heterocycles. The molecule has 2 fully saturated rings. The van der Waals surface area contributed by atoms with E-state index in [0.29, 0.717) is 12.5 Å². The molecule has 2 aliphatic rings. The van der Waals surface area contributed by atoms with Crippen LogP contribution in [0.5, 0.6) is 0 Å². The number of nitrogens with two attached hydrogens (primary N) is 1. The molecule has 2 rings (SSSR count). The summed E-state index contributed by atoms with van der Waals surface area (Å²) < 4.78 is 0. The molecule has 0 saturated heterocycles. The van der Waals surface area contributed by atoms with Crippen LogP contribution in [0.25, 0.3) is 0 Å². The number of carbonyl (C=O) groups excluding carboxylic acids is 1. The van der Waals surface area contributed by atoms with E-state index in [-0.39, 0.29) is 11.4 Å². The fraction of sp³-hybridized carbons (Fsp3) is 0.923. The molecular formula is C13H24N2O. The van der Waals surface area contributed by atoms with Crippen molar-refractivity contribution in [1.82, 2.24) is 4.90 Å². The van der Waals surface area contributed by atoms with E-state index >= 15 is 0 Å². The van der Waals surface area contributed by atoms with Crippen LogP contribution in [0.2, 0.25) is 0 Å². The van der Waals surface area contributed by atoms with Crippen molar-refractivity contribution in [3.63, 3.8) is 0 Å². The number of hydrogen-bond acceptors (Lipinski definition) is 2. The maximum atomic E-state index is 12.1. The van der Waals surface area contributed by atoms with Crippen LogP contribution in [0, 0.1) is 0 Å². The van der Waals surface area contributed by atoms with Crippen LogP contribution in [0.1, 0.15) is 57.8 Å². The minimum absolute atomic E-state index is 0.167. The first-order chi connectivity index (χ1) is 7.61. The smallest absolute Gasteiger partial charge is 0.224 e. The second-order valence-corrected chi connectivity index (χ2v) is 5.69. The Balaban J connectivity index is 1.83. The number of nitrogens with zero attached hydrogens (tertiary/aromatic N) is 1. The first kappa shape index (κ1) is 11.9. The maximum Gasteiger partial charge on any atom is 0.224 e. The molecule has 2 aliphatic carbocycles. The Hall–Kier alpha value is -0.570. The highest BCUT2D eigenvalue weighted by atomic mass is 16.2. The molecule has 0 atom stereocenters. The van der Waals surface area contributed by atoms with Crippen molar-refractivity contribution in [3.05, 3.63) is 0 Å². The lowest BCUT2D eigenvalue weighted by Gasteiger charge is -2.40. The molecule has 3 nitrogen and oxygen atoms in total. The first-order valence-corrected chi connectivity index (χ1v) is 6.65. The van der Waals surface area contributed by atoms with Gasteiger partial charge in [-0.3, -0.25) is 4.79 Å². The summed E-state index contributed by atoms with van der Waals surface area (Å²) in [5.74, 6) is 0.258. The van der Waals surface area contributed by atoms with Gasteiger partial charge in [0.2, 0.25) is 5.91 Å². The van der Waals surface area contributed by atoms with Crippen LogP contribution < -0.4 is 5.73 Å². The minimum Gasteiger partial charge on any atom is -0.343 e. The minimum atomic E-state index is -0.167. The quantitative estimate of drug-likeness (QED) is 0.797. The van der Waals surface area contributed by atoms with Gasteiger partial charge in [0.15, 0.2) is 0 Å². The summed E-state index contributed by atoms with van der Waals surface area (Å²) in [7, 11) is 1.96. The number of amides is 1. The lowest BCUT2D eigenvalue weighted by Crippen LogP contribution is -2.51. The van der Waals surface area contributed by atoms with Crippen molar-refractivity contribution in [2.75, 3.05) is 7.05 Å². The third kappa shape index (κ3) is 2.57. The van der Waals surface area contributed by atoms with Crippen molar-refractivity contribution >= 4 is 5.91 Å². The fourth-order valence-corrected chi connectivity index (χ4v) is 2.91. The van der Waals surface area contributed by atoms with Crippen molar-refractivity contribution in [3.8, 4) is 0 Å². The van der Waals surface area contributed by atoms with Gasteiger partial charge in [-0.15, -0.1) is 0 Å². The lowest BCUT2D eigenvalue weighted by molar-refractivity contribution is -0.134. The van der Waals surface area contributed by atoms with E-state index in [4.69, 9.17) is 5.73 Å². The van der Waals surface area contributed by atoms with E-state index in [1.54, 1.807) is 0 Å². The van der Waals surface area contributed by atoms with E-state index in [2.05, 4.69) is 0 Å². The monoisotopic (exact) mass is 224 g/mol. The summed E-state index contributed by atoms with van der Waals surface area (Å²) in [6, 6.07) is 0.477. The molecule has 0 aromatic rings. The number of carbonyl (C=O) groups is 1. The standard InChI is InChI=1S/C13H24N2O/c1-15(11-6-3-2-4-7-11)12(16)10-13(14)8-5-9-13/h11H,2-10,14H2,1H3. The fourth-order valence-electron chi connectivity index (χ4n) is 2.91. The summed E-state index contributed by atoms with van der Waals surface area (Å²) in [5, 5.41) is 0. The van der Waals surface area contributed by atoms with Crippen LogP contribution in [0.4, 0.5) is 0 Å². The van der Waals surface area contributed by atoms with Gasteiger partial charge in [-0.05, 0) is 32.1 Å². The molecule has 92 valence electrons. The molecule has 0 heterocycles. The van der Waals surface area contributed by atoms with Crippen molar-refractivity contribution < 1.29 is 4.79 Å². The second kappa shape index (κ2) is 4.74. The van der Waals surface area contributed by atoms with Gasteiger partial charge < -0.3 is 10.6 Å². The Bertz CT molecular complexity index is 255. The normalized spacial score (nSPS) is 24.9. The molecular weight excluding hydrogens is 200 g/mol. The summed E-state index contributed by atoms with van der Waals surface area (Å²) >= 11 is 0. The van der Waals surface area contributed by atoms with Gasteiger partial charge in [0.25, 0.3) is 0 Å². The zero-order valence-corrected chi connectivity index (χ0v) is 10.4. The Morgan fingerprint density at radius 3 is 2.38 bits per heavy atom. The molecule has 0 aromatic heterocycles. The Morgan fingerprint density at radius 1 is 1.25 bits per heavy atom. The Labute approximate surface area is 98.4 Å². The molecule has 0 bridgehead atoms. The zero-order valence-electron chi connectivity index (χ0n) is 10.4. The zero-order chi connectivity index (χ0) is 11.6. The largest absolute Gasteiger partial charge is 0.343 e.